The molecule has 1 aromatic heterocycles. The molecule has 5 heteroatoms. The molecule has 0 saturated heterocycles. The van der Waals surface area contributed by atoms with E-state index in [0.717, 1.165) is 39.2 Å². The Morgan fingerprint density at radius 1 is 1.00 bits per heavy atom. The molecule has 0 N–H and O–H groups in total. The third kappa shape index (κ3) is 4.08. The van der Waals surface area contributed by atoms with Crippen molar-refractivity contribution in [1.82, 2.24) is 4.98 Å². The minimum atomic E-state index is 0.0238. The Balaban J connectivity index is 1.43. The molecule has 31 heavy (non-hydrogen) atoms. The predicted molar refractivity (Wildman–Crippen MR) is 123 cm³/mol. The van der Waals surface area contributed by atoms with Crippen LogP contribution in [0.25, 0.3) is 10.9 Å². The Morgan fingerprint density at radius 2 is 1.87 bits per heavy atom. The van der Waals surface area contributed by atoms with Crippen LogP contribution >= 0.6 is 11.8 Å². The third-order valence-electron chi connectivity index (χ3n) is 5.34. The number of aromatic nitrogens is 1. The smallest absolute Gasteiger partial charge is 0.130 e. The molecular weight excluding hydrogens is 404 g/mol. The number of hydrogen-bond donors (Lipinski definition) is 0. The predicted octanol–water partition coefficient (Wildman–Crippen LogP) is 6.05. The van der Waals surface area contributed by atoms with Gasteiger partial charge in [-0.3, -0.25) is 0 Å². The maximum absolute atomic E-state index is 9.17. The van der Waals surface area contributed by atoms with Crippen molar-refractivity contribution in [3.63, 3.8) is 0 Å². The average molecular weight is 425 g/mol. The standard InChI is InChI=1S/C26H20N2O2S/c27-13-14-31-26-22-7-3-1-6-19(22)16-30-25-12-11-21(15-23(25)26)29-17-20-10-9-18-5-2-4-8-24(18)28-20/h1-12,15,26H,14,16-17H2. The summed E-state index contributed by atoms with van der Waals surface area (Å²) in [6.07, 6.45) is 0. The first-order valence-corrected chi connectivity index (χ1v) is 11.2. The molecule has 0 saturated carbocycles. The zero-order valence-electron chi connectivity index (χ0n) is 16.8. The lowest BCUT2D eigenvalue weighted by atomic mass is 10.00. The maximum atomic E-state index is 9.17. The molecule has 3 aromatic carbocycles. The molecular formula is C26H20N2O2S. The van der Waals surface area contributed by atoms with Gasteiger partial charge < -0.3 is 9.47 Å². The summed E-state index contributed by atoms with van der Waals surface area (Å²) in [5.74, 6) is 2.01. The van der Waals surface area contributed by atoms with Crippen LogP contribution in [-0.2, 0) is 13.2 Å². The van der Waals surface area contributed by atoms with Crippen molar-refractivity contribution in [2.75, 3.05) is 5.75 Å². The summed E-state index contributed by atoms with van der Waals surface area (Å²) in [7, 11) is 0. The van der Waals surface area contributed by atoms with Crippen molar-refractivity contribution in [1.29, 1.82) is 5.26 Å². The van der Waals surface area contributed by atoms with E-state index < -0.39 is 0 Å². The van der Waals surface area contributed by atoms with Crippen LogP contribution in [0.3, 0.4) is 0 Å². The highest BCUT2D eigenvalue weighted by atomic mass is 32.2. The number of ether oxygens (including phenoxy) is 2. The zero-order chi connectivity index (χ0) is 21.0. The highest BCUT2D eigenvalue weighted by Crippen LogP contribution is 2.45. The number of nitrogens with zero attached hydrogens (tertiary/aromatic N) is 2. The maximum Gasteiger partial charge on any atom is 0.130 e. The highest BCUT2D eigenvalue weighted by molar-refractivity contribution is 7.99. The Labute approximate surface area is 185 Å². The molecule has 4 nitrogen and oxygen atoms in total. The monoisotopic (exact) mass is 424 g/mol. The summed E-state index contributed by atoms with van der Waals surface area (Å²) in [6, 6.07) is 28.6. The van der Waals surface area contributed by atoms with E-state index in [1.54, 1.807) is 11.8 Å². The normalized spacial score (nSPS) is 14.6. The molecule has 1 atom stereocenters. The first-order chi connectivity index (χ1) is 15.3. The van der Waals surface area contributed by atoms with Crippen molar-refractivity contribution in [2.45, 2.75) is 18.5 Å². The SMILES string of the molecule is N#CCSC1c2ccccc2COc2ccc(OCc3ccc4ccccc4n3)cc21. The topological polar surface area (TPSA) is 55.1 Å². The first-order valence-electron chi connectivity index (χ1n) is 10.1. The van der Waals surface area contributed by atoms with Crippen LogP contribution in [0.5, 0.6) is 11.5 Å². The van der Waals surface area contributed by atoms with Crippen molar-refractivity contribution >= 4 is 22.7 Å². The van der Waals surface area contributed by atoms with E-state index in [1.165, 1.54) is 5.56 Å². The number of thioether (sulfide) groups is 1. The molecule has 0 fully saturated rings. The molecule has 0 radical (unpaired) electrons. The van der Waals surface area contributed by atoms with E-state index in [9.17, 15) is 0 Å². The number of pyridine rings is 1. The Hall–Kier alpha value is -3.49. The fourth-order valence-corrected chi connectivity index (χ4v) is 4.86. The second-order valence-electron chi connectivity index (χ2n) is 7.32. The van der Waals surface area contributed by atoms with Crippen LogP contribution in [0.2, 0.25) is 0 Å². The molecule has 1 unspecified atom stereocenters. The summed E-state index contributed by atoms with van der Waals surface area (Å²) in [4.78, 5) is 4.69. The van der Waals surface area contributed by atoms with E-state index in [4.69, 9.17) is 14.7 Å². The van der Waals surface area contributed by atoms with E-state index in [1.807, 2.05) is 54.6 Å². The van der Waals surface area contributed by atoms with Crippen molar-refractivity contribution in [3.05, 3.63) is 101 Å². The second kappa shape index (κ2) is 8.71. The fourth-order valence-electron chi connectivity index (χ4n) is 3.84. The first kappa shape index (κ1) is 19.5. The molecule has 5 rings (SSSR count). The van der Waals surface area contributed by atoms with Gasteiger partial charge in [0.15, 0.2) is 0 Å². The molecule has 152 valence electrons. The molecule has 2 heterocycles. The van der Waals surface area contributed by atoms with Crippen LogP contribution in [-0.4, -0.2) is 10.7 Å². The van der Waals surface area contributed by atoms with Gasteiger partial charge in [0.25, 0.3) is 0 Å². The summed E-state index contributed by atoms with van der Waals surface area (Å²) < 4.78 is 12.2. The molecule has 0 aliphatic carbocycles. The molecule has 0 spiro atoms. The van der Waals surface area contributed by atoms with Crippen LogP contribution in [0.1, 0.15) is 27.6 Å². The van der Waals surface area contributed by atoms with E-state index in [2.05, 4.69) is 35.3 Å². The Kier molecular flexibility index (Phi) is 5.47. The lowest BCUT2D eigenvalue weighted by Gasteiger charge is -2.18. The van der Waals surface area contributed by atoms with Gasteiger partial charge in [0, 0.05) is 10.9 Å². The Bertz CT molecular complexity index is 1280. The van der Waals surface area contributed by atoms with E-state index in [0.29, 0.717) is 19.0 Å². The highest BCUT2D eigenvalue weighted by Gasteiger charge is 2.25. The largest absolute Gasteiger partial charge is 0.489 e. The second-order valence-corrected chi connectivity index (χ2v) is 8.41. The van der Waals surface area contributed by atoms with Gasteiger partial charge in [-0.2, -0.15) is 5.26 Å². The minimum absolute atomic E-state index is 0.0238. The van der Waals surface area contributed by atoms with Gasteiger partial charge in [-0.15, -0.1) is 11.8 Å². The molecule has 1 aliphatic heterocycles. The number of nitriles is 1. The summed E-state index contributed by atoms with van der Waals surface area (Å²) in [5, 5.41) is 10.3. The lowest BCUT2D eigenvalue weighted by molar-refractivity contribution is 0.295. The van der Waals surface area contributed by atoms with Gasteiger partial charge in [-0.1, -0.05) is 48.5 Å². The van der Waals surface area contributed by atoms with Crippen LogP contribution in [0.4, 0.5) is 0 Å². The van der Waals surface area contributed by atoms with Crippen LogP contribution in [0, 0.1) is 11.3 Å². The molecule has 0 bridgehead atoms. The average Bonchev–Trinajstić information content (AvgIpc) is 2.97. The summed E-state index contributed by atoms with van der Waals surface area (Å²) in [5.41, 5.74) is 5.22. The number of para-hydroxylation sites is 1. The number of benzene rings is 3. The Morgan fingerprint density at radius 3 is 2.81 bits per heavy atom. The minimum Gasteiger partial charge on any atom is -0.489 e. The molecule has 1 aliphatic rings. The van der Waals surface area contributed by atoms with Gasteiger partial charge in [-0.05, 0) is 41.5 Å². The van der Waals surface area contributed by atoms with Gasteiger partial charge in [-0.25, -0.2) is 4.98 Å². The number of fused-ring (bicyclic) bond motifs is 3. The third-order valence-corrected chi connectivity index (χ3v) is 6.48. The quantitative estimate of drug-likeness (QED) is 0.390. The van der Waals surface area contributed by atoms with E-state index in [-0.39, 0.29) is 5.25 Å². The number of hydrogen-bond acceptors (Lipinski definition) is 5. The fraction of sp³-hybridized carbons (Fsp3) is 0.154. The number of rotatable bonds is 5. The van der Waals surface area contributed by atoms with Gasteiger partial charge in [0.1, 0.15) is 24.7 Å². The van der Waals surface area contributed by atoms with Crippen molar-refractivity contribution in [3.8, 4) is 17.6 Å². The molecule has 4 aromatic rings. The van der Waals surface area contributed by atoms with Gasteiger partial charge in [0.2, 0.25) is 0 Å². The summed E-state index contributed by atoms with van der Waals surface area (Å²) >= 11 is 1.61. The van der Waals surface area contributed by atoms with Gasteiger partial charge in [0.05, 0.1) is 28.3 Å². The zero-order valence-corrected chi connectivity index (χ0v) is 17.6. The molecule has 0 amide bonds. The van der Waals surface area contributed by atoms with E-state index >= 15 is 0 Å². The van der Waals surface area contributed by atoms with Crippen LogP contribution < -0.4 is 9.47 Å². The van der Waals surface area contributed by atoms with Crippen LogP contribution in [0.15, 0.2) is 78.9 Å². The lowest BCUT2D eigenvalue weighted by Crippen LogP contribution is -2.02. The van der Waals surface area contributed by atoms with Gasteiger partial charge >= 0.3 is 0 Å². The van der Waals surface area contributed by atoms with Crippen molar-refractivity contribution in [2.24, 2.45) is 0 Å². The summed E-state index contributed by atoms with van der Waals surface area (Å²) in [6.45, 7) is 0.908. The van der Waals surface area contributed by atoms with Crippen molar-refractivity contribution < 1.29 is 9.47 Å².